The van der Waals surface area contributed by atoms with Gasteiger partial charge >= 0.3 is 0 Å². The maximum absolute atomic E-state index is 13.1. The van der Waals surface area contributed by atoms with Crippen molar-refractivity contribution >= 4 is 5.91 Å². The van der Waals surface area contributed by atoms with Gasteiger partial charge in [0.05, 0.1) is 5.56 Å². The molecule has 0 spiro atoms. The molecule has 6 heteroatoms. The lowest BCUT2D eigenvalue weighted by molar-refractivity contribution is 0.0704. The Hall–Kier alpha value is -2.08. The largest absolute Gasteiger partial charge is 0.360 e. The Labute approximate surface area is 154 Å². The average Bonchev–Trinajstić information content (AvgIpc) is 3.30. The molecule has 4 rings (SSSR count). The highest BCUT2D eigenvalue weighted by Gasteiger charge is 2.28. The highest BCUT2D eigenvalue weighted by molar-refractivity contribution is 5.96. The van der Waals surface area contributed by atoms with E-state index in [0.717, 1.165) is 66.9 Å². The van der Waals surface area contributed by atoms with Gasteiger partial charge in [0.1, 0.15) is 5.76 Å². The summed E-state index contributed by atoms with van der Waals surface area (Å²) in [6, 6.07) is 4.43. The molecule has 140 valence electrons. The molecule has 1 saturated carbocycles. The van der Waals surface area contributed by atoms with Gasteiger partial charge in [0.2, 0.25) is 0 Å². The van der Waals surface area contributed by atoms with Gasteiger partial charge in [-0.3, -0.25) is 9.36 Å². The second-order valence-electron chi connectivity index (χ2n) is 7.83. The SMILES string of the molecule is Cc1cc(-n2c(C)cc(C(=O)N3CCC(NCC4CC4)CC3)c2C)no1. The van der Waals surface area contributed by atoms with Gasteiger partial charge in [-0.15, -0.1) is 0 Å². The summed E-state index contributed by atoms with van der Waals surface area (Å²) in [5.74, 6) is 2.53. The van der Waals surface area contributed by atoms with Gasteiger partial charge in [0.25, 0.3) is 5.91 Å². The van der Waals surface area contributed by atoms with Gasteiger partial charge in [-0.1, -0.05) is 5.16 Å². The monoisotopic (exact) mass is 356 g/mol. The highest BCUT2D eigenvalue weighted by Crippen LogP contribution is 2.28. The van der Waals surface area contributed by atoms with E-state index in [9.17, 15) is 4.79 Å². The Kier molecular flexibility index (Phi) is 4.61. The lowest BCUT2D eigenvalue weighted by atomic mass is 10.0. The summed E-state index contributed by atoms with van der Waals surface area (Å²) in [4.78, 5) is 15.0. The Morgan fingerprint density at radius 2 is 1.92 bits per heavy atom. The van der Waals surface area contributed by atoms with Crippen molar-refractivity contribution in [3.05, 3.63) is 34.8 Å². The van der Waals surface area contributed by atoms with E-state index in [-0.39, 0.29) is 5.91 Å². The Balaban J connectivity index is 1.43. The van der Waals surface area contributed by atoms with E-state index in [1.54, 1.807) is 0 Å². The number of amides is 1. The minimum Gasteiger partial charge on any atom is -0.360 e. The molecule has 0 aromatic carbocycles. The van der Waals surface area contributed by atoms with E-state index in [0.29, 0.717) is 6.04 Å². The average molecular weight is 356 g/mol. The molecule has 0 atom stereocenters. The van der Waals surface area contributed by atoms with E-state index in [2.05, 4.69) is 10.5 Å². The molecule has 0 unspecified atom stereocenters. The molecule has 2 fully saturated rings. The Bertz CT molecular complexity index is 795. The maximum atomic E-state index is 13.1. The van der Waals surface area contributed by atoms with Crippen molar-refractivity contribution < 1.29 is 9.32 Å². The van der Waals surface area contributed by atoms with E-state index in [1.807, 2.05) is 42.4 Å². The molecule has 26 heavy (non-hydrogen) atoms. The zero-order valence-electron chi connectivity index (χ0n) is 15.9. The molecule has 1 saturated heterocycles. The predicted octanol–water partition coefficient (Wildman–Crippen LogP) is 2.99. The number of aromatic nitrogens is 2. The first-order valence-corrected chi connectivity index (χ1v) is 9.68. The van der Waals surface area contributed by atoms with E-state index in [4.69, 9.17) is 4.52 Å². The van der Waals surface area contributed by atoms with Gasteiger partial charge in [-0.2, -0.15) is 0 Å². The first-order valence-electron chi connectivity index (χ1n) is 9.68. The van der Waals surface area contributed by atoms with Crippen LogP contribution < -0.4 is 5.32 Å². The second kappa shape index (κ2) is 6.91. The fourth-order valence-electron chi connectivity index (χ4n) is 3.90. The van der Waals surface area contributed by atoms with Crippen LogP contribution in [0.15, 0.2) is 16.7 Å². The maximum Gasteiger partial charge on any atom is 0.255 e. The third kappa shape index (κ3) is 3.43. The quantitative estimate of drug-likeness (QED) is 0.894. The summed E-state index contributed by atoms with van der Waals surface area (Å²) >= 11 is 0. The topological polar surface area (TPSA) is 63.3 Å². The van der Waals surface area contributed by atoms with Crippen molar-refractivity contribution in [2.24, 2.45) is 5.92 Å². The number of nitrogens with one attached hydrogen (secondary N) is 1. The van der Waals surface area contributed by atoms with Gasteiger partial charge in [-0.25, -0.2) is 0 Å². The summed E-state index contributed by atoms with van der Waals surface area (Å²) in [5.41, 5.74) is 2.70. The molecule has 2 aliphatic rings. The molecule has 1 N–H and O–H groups in total. The number of carbonyl (C=O) groups is 1. The molecular weight excluding hydrogens is 328 g/mol. The Morgan fingerprint density at radius 1 is 1.19 bits per heavy atom. The summed E-state index contributed by atoms with van der Waals surface area (Å²) in [7, 11) is 0. The number of aryl methyl sites for hydroxylation is 2. The van der Waals surface area contributed by atoms with Crippen LogP contribution >= 0.6 is 0 Å². The number of hydrogen-bond acceptors (Lipinski definition) is 4. The molecule has 1 amide bonds. The molecule has 0 radical (unpaired) electrons. The minimum absolute atomic E-state index is 0.130. The van der Waals surface area contributed by atoms with E-state index < -0.39 is 0 Å². The zero-order valence-corrected chi connectivity index (χ0v) is 15.9. The van der Waals surface area contributed by atoms with Crippen molar-refractivity contribution in [1.82, 2.24) is 19.9 Å². The first kappa shape index (κ1) is 17.3. The number of likely N-dealkylation sites (tertiary alicyclic amines) is 1. The predicted molar refractivity (Wildman–Crippen MR) is 99.7 cm³/mol. The van der Waals surface area contributed by atoms with Crippen LogP contribution in [0.25, 0.3) is 5.82 Å². The summed E-state index contributed by atoms with van der Waals surface area (Å²) in [5, 5.41) is 7.77. The van der Waals surface area contributed by atoms with Crippen LogP contribution in [0.3, 0.4) is 0 Å². The fraction of sp³-hybridized carbons (Fsp3) is 0.600. The van der Waals surface area contributed by atoms with Gasteiger partial charge in [0, 0.05) is 36.6 Å². The summed E-state index contributed by atoms with van der Waals surface area (Å²) in [6.07, 6.45) is 4.84. The first-order chi connectivity index (χ1) is 12.5. The molecule has 2 aromatic rings. The molecular formula is C20H28N4O2. The second-order valence-corrected chi connectivity index (χ2v) is 7.83. The number of piperidine rings is 1. The third-order valence-corrected chi connectivity index (χ3v) is 5.68. The van der Waals surface area contributed by atoms with Crippen LogP contribution in [0.5, 0.6) is 0 Å². The number of carbonyl (C=O) groups excluding carboxylic acids is 1. The normalized spacial score (nSPS) is 18.5. The number of nitrogens with zero attached hydrogens (tertiary/aromatic N) is 3. The zero-order chi connectivity index (χ0) is 18.3. The van der Waals surface area contributed by atoms with Gasteiger partial charge < -0.3 is 14.7 Å². The van der Waals surface area contributed by atoms with Crippen LogP contribution in [0.1, 0.15) is 53.2 Å². The standard InChI is InChI=1S/C20H28N4O2/c1-13-10-18(15(3)24(13)19-11-14(2)26-22-19)20(25)23-8-6-17(7-9-23)21-12-16-4-5-16/h10-11,16-17,21H,4-9,12H2,1-3H3. The number of hydrogen-bond donors (Lipinski definition) is 1. The molecule has 3 heterocycles. The van der Waals surface area contributed by atoms with Crippen LogP contribution in [-0.4, -0.2) is 46.2 Å². The van der Waals surface area contributed by atoms with Gasteiger partial charge in [-0.05, 0) is 65.0 Å². The lowest BCUT2D eigenvalue weighted by Gasteiger charge is -2.32. The van der Waals surface area contributed by atoms with Crippen LogP contribution in [0.2, 0.25) is 0 Å². The minimum atomic E-state index is 0.130. The van der Waals surface area contributed by atoms with Crippen molar-refractivity contribution in [3.63, 3.8) is 0 Å². The molecule has 0 bridgehead atoms. The lowest BCUT2D eigenvalue weighted by Crippen LogP contribution is -2.45. The molecule has 6 nitrogen and oxygen atoms in total. The van der Waals surface area contributed by atoms with Crippen molar-refractivity contribution in [3.8, 4) is 5.82 Å². The molecule has 1 aliphatic heterocycles. The van der Waals surface area contributed by atoms with Crippen LogP contribution in [-0.2, 0) is 0 Å². The fourth-order valence-corrected chi connectivity index (χ4v) is 3.90. The highest BCUT2D eigenvalue weighted by atomic mass is 16.5. The van der Waals surface area contributed by atoms with E-state index >= 15 is 0 Å². The van der Waals surface area contributed by atoms with Crippen LogP contribution in [0.4, 0.5) is 0 Å². The van der Waals surface area contributed by atoms with Crippen molar-refractivity contribution in [2.45, 2.75) is 52.5 Å². The number of rotatable bonds is 5. The molecule has 1 aliphatic carbocycles. The third-order valence-electron chi connectivity index (χ3n) is 5.68. The van der Waals surface area contributed by atoms with Crippen molar-refractivity contribution in [1.29, 1.82) is 0 Å². The van der Waals surface area contributed by atoms with Crippen LogP contribution in [0, 0.1) is 26.7 Å². The summed E-state index contributed by atoms with van der Waals surface area (Å²) in [6.45, 7) is 8.66. The molecule has 2 aromatic heterocycles. The Morgan fingerprint density at radius 3 is 2.54 bits per heavy atom. The summed E-state index contributed by atoms with van der Waals surface area (Å²) < 4.78 is 7.19. The van der Waals surface area contributed by atoms with Gasteiger partial charge in [0.15, 0.2) is 5.82 Å². The van der Waals surface area contributed by atoms with Crippen molar-refractivity contribution in [2.75, 3.05) is 19.6 Å². The smallest absolute Gasteiger partial charge is 0.255 e. The van der Waals surface area contributed by atoms with E-state index in [1.165, 1.54) is 12.8 Å².